The number of carbonyl (C=O) groups excluding carboxylic acids is 2. The van der Waals surface area contributed by atoms with Crippen LogP contribution in [0, 0.1) is 6.92 Å². The number of rotatable bonds is 6. The van der Waals surface area contributed by atoms with Crippen molar-refractivity contribution >= 4 is 23.4 Å². The van der Waals surface area contributed by atoms with E-state index < -0.39 is 6.09 Å². The van der Waals surface area contributed by atoms with E-state index in [-0.39, 0.29) is 18.3 Å². The summed E-state index contributed by atoms with van der Waals surface area (Å²) in [4.78, 5) is 23.6. The highest BCUT2D eigenvalue weighted by Crippen LogP contribution is 2.17. The minimum atomic E-state index is -0.591. The summed E-state index contributed by atoms with van der Waals surface area (Å²) in [5, 5.41) is 5.26. The van der Waals surface area contributed by atoms with Crippen molar-refractivity contribution in [2.24, 2.45) is 0 Å². The molecular weight excluding hydrogens is 300 g/mol. The van der Waals surface area contributed by atoms with Gasteiger partial charge in [-0.25, -0.2) is 4.79 Å². The number of hydrogen-bond donors (Lipinski definition) is 2. The van der Waals surface area contributed by atoms with Crippen molar-refractivity contribution in [1.29, 1.82) is 0 Å². The van der Waals surface area contributed by atoms with E-state index in [1.54, 1.807) is 43.3 Å². The van der Waals surface area contributed by atoms with Crippen molar-refractivity contribution in [2.45, 2.75) is 6.92 Å². The molecule has 2 N–H and O–H groups in total. The first kappa shape index (κ1) is 16.6. The van der Waals surface area contributed by atoms with Crippen molar-refractivity contribution in [2.75, 3.05) is 31.0 Å². The molecule has 0 saturated carbocycles. The Morgan fingerprint density at radius 1 is 1.09 bits per heavy atom. The second-order valence-corrected chi connectivity index (χ2v) is 4.70. The molecule has 23 heavy (non-hydrogen) atoms. The Kier molecular flexibility index (Phi) is 5.76. The maximum Gasteiger partial charge on any atom is 0.411 e. The van der Waals surface area contributed by atoms with Crippen LogP contribution in [0.25, 0.3) is 0 Å². The molecule has 1 aromatic heterocycles. The zero-order valence-electron chi connectivity index (χ0n) is 12.9. The van der Waals surface area contributed by atoms with Crippen LogP contribution in [0.2, 0.25) is 0 Å². The number of anilines is 2. The summed E-state index contributed by atoms with van der Waals surface area (Å²) in [5.74, 6) is 0.516. The lowest BCUT2D eigenvalue weighted by Crippen LogP contribution is -2.16. The number of methoxy groups -OCH3 is 1. The van der Waals surface area contributed by atoms with Crippen molar-refractivity contribution in [1.82, 2.24) is 0 Å². The molecule has 0 spiro atoms. The van der Waals surface area contributed by atoms with E-state index in [0.29, 0.717) is 23.7 Å². The highest BCUT2D eigenvalue weighted by Gasteiger charge is 2.11. The van der Waals surface area contributed by atoms with Gasteiger partial charge in [0, 0.05) is 18.5 Å². The average Bonchev–Trinajstić information content (AvgIpc) is 2.94. The van der Waals surface area contributed by atoms with Crippen LogP contribution in [0.4, 0.5) is 16.2 Å². The van der Waals surface area contributed by atoms with Crippen LogP contribution < -0.4 is 10.6 Å². The molecule has 7 nitrogen and oxygen atoms in total. The van der Waals surface area contributed by atoms with Crippen molar-refractivity contribution in [3.05, 3.63) is 47.9 Å². The smallest absolute Gasteiger partial charge is 0.411 e. The molecule has 0 unspecified atom stereocenters. The Morgan fingerprint density at radius 2 is 1.83 bits per heavy atom. The lowest BCUT2D eigenvalue weighted by atomic mass is 10.2. The summed E-state index contributed by atoms with van der Waals surface area (Å²) >= 11 is 0. The predicted molar refractivity (Wildman–Crippen MR) is 84.7 cm³/mol. The Labute approximate surface area is 133 Å². The highest BCUT2D eigenvalue weighted by atomic mass is 16.6. The molecule has 7 heteroatoms. The summed E-state index contributed by atoms with van der Waals surface area (Å²) in [6.07, 6.45) is -0.591. The minimum Gasteiger partial charge on any atom is -0.456 e. The Balaban J connectivity index is 1.94. The summed E-state index contributed by atoms with van der Waals surface area (Å²) in [6, 6.07) is 10.0. The molecule has 0 aliphatic rings. The van der Waals surface area contributed by atoms with E-state index >= 15 is 0 Å². The number of amides is 2. The number of ether oxygens (including phenoxy) is 2. The van der Waals surface area contributed by atoms with Gasteiger partial charge >= 0.3 is 6.09 Å². The second-order valence-electron chi connectivity index (χ2n) is 4.70. The Morgan fingerprint density at radius 3 is 2.48 bits per heavy atom. The first-order chi connectivity index (χ1) is 11.1. The van der Waals surface area contributed by atoms with Gasteiger partial charge in [-0.1, -0.05) is 6.07 Å². The molecule has 0 aliphatic heterocycles. The molecule has 1 heterocycles. The normalized spacial score (nSPS) is 10.2. The standard InChI is InChI=1S/C16H18N2O5/c1-11-6-7-14(23-11)15(19)17-12-4-3-5-13(10-12)18-16(20)22-9-8-21-2/h3-7,10H,8-9H2,1-2H3,(H,17,19)(H,18,20). The van der Waals surface area contributed by atoms with Gasteiger partial charge in [-0.2, -0.15) is 0 Å². The topological polar surface area (TPSA) is 89.8 Å². The number of benzene rings is 1. The maximum atomic E-state index is 12.0. The fourth-order valence-corrected chi connectivity index (χ4v) is 1.80. The molecule has 2 rings (SSSR count). The lowest BCUT2D eigenvalue weighted by Gasteiger charge is -2.08. The van der Waals surface area contributed by atoms with Gasteiger partial charge in [0.15, 0.2) is 5.76 Å². The number of nitrogens with one attached hydrogen (secondary N) is 2. The zero-order chi connectivity index (χ0) is 16.7. The fraction of sp³-hybridized carbons (Fsp3) is 0.250. The van der Waals surface area contributed by atoms with E-state index in [1.165, 1.54) is 7.11 Å². The van der Waals surface area contributed by atoms with Gasteiger partial charge in [0.25, 0.3) is 5.91 Å². The van der Waals surface area contributed by atoms with E-state index in [9.17, 15) is 9.59 Å². The third-order valence-electron chi connectivity index (χ3n) is 2.85. The van der Waals surface area contributed by atoms with Crippen LogP contribution in [0.3, 0.4) is 0 Å². The Bertz CT molecular complexity index is 681. The van der Waals surface area contributed by atoms with Crippen molar-refractivity contribution in [3.8, 4) is 0 Å². The highest BCUT2D eigenvalue weighted by molar-refractivity contribution is 6.02. The molecule has 0 atom stereocenters. The van der Waals surface area contributed by atoms with Gasteiger partial charge in [0.05, 0.1) is 6.61 Å². The van der Waals surface area contributed by atoms with E-state index in [1.807, 2.05) is 0 Å². The first-order valence-electron chi connectivity index (χ1n) is 6.99. The van der Waals surface area contributed by atoms with E-state index in [4.69, 9.17) is 13.9 Å². The lowest BCUT2D eigenvalue weighted by molar-refractivity contribution is 0.0995. The molecule has 0 fully saturated rings. The zero-order valence-corrected chi connectivity index (χ0v) is 12.9. The second kappa shape index (κ2) is 8.00. The molecule has 2 aromatic rings. The van der Waals surface area contributed by atoms with Gasteiger partial charge in [0.1, 0.15) is 12.4 Å². The maximum absolute atomic E-state index is 12.0. The number of aryl methyl sites for hydroxylation is 1. The largest absolute Gasteiger partial charge is 0.456 e. The molecule has 1 aromatic carbocycles. The number of carbonyl (C=O) groups is 2. The summed E-state index contributed by atoms with van der Waals surface area (Å²) in [5.41, 5.74) is 1.03. The molecule has 0 aliphatic carbocycles. The molecule has 0 saturated heterocycles. The summed E-state index contributed by atoms with van der Waals surface area (Å²) in [7, 11) is 1.52. The van der Waals surface area contributed by atoms with Gasteiger partial charge in [-0.3, -0.25) is 10.1 Å². The first-order valence-corrected chi connectivity index (χ1v) is 6.99. The fourth-order valence-electron chi connectivity index (χ4n) is 1.80. The SMILES string of the molecule is COCCOC(=O)Nc1cccc(NC(=O)c2ccc(C)o2)c1. The van der Waals surface area contributed by atoms with Crippen LogP contribution >= 0.6 is 0 Å². The van der Waals surface area contributed by atoms with Crippen LogP contribution in [-0.4, -0.2) is 32.3 Å². The monoisotopic (exact) mass is 318 g/mol. The minimum absolute atomic E-state index is 0.163. The van der Waals surface area contributed by atoms with E-state index in [0.717, 1.165) is 0 Å². The van der Waals surface area contributed by atoms with Crippen LogP contribution in [0.1, 0.15) is 16.3 Å². The van der Waals surface area contributed by atoms with Crippen LogP contribution in [0.15, 0.2) is 40.8 Å². The van der Waals surface area contributed by atoms with Crippen LogP contribution in [0.5, 0.6) is 0 Å². The van der Waals surface area contributed by atoms with Gasteiger partial charge in [-0.05, 0) is 37.3 Å². The summed E-state index contributed by atoms with van der Waals surface area (Å²) < 4.78 is 14.9. The number of hydrogen-bond acceptors (Lipinski definition) is 5. The van der Waals surface area contributed by atoms with E-state index in [2.05, 4.69) is 10.6 Å². The third-order valence-corrected chi connectivity index (χ3v) is 2.85. The van der Waals surface area contributed by atoms with Crippen molar-refractivity contribution < 1.29 is 23.5 Å². The van der Waals surface area contributed by atoms with Gasteiger partial charge in [0.2, 0.25) is 0 Å². The molecule has 0 radical (unpaired) electrons. The predicted octanol–water partition coefficient (Wildman–Crippen LogP) is 3.04. The molecule has 122 valence electrons. The van der Waals surface area contributed by atoms with Crippen LogP contribution in [-0.2, 0) is 9.47 Å². The van der Waals surface area contributed by atoms with Crippen molar-refractivity contribution in [3.63, 3.8) is 0 Å². The van der Waals surface area contributed by atoms with Gasteiger partial charge in [-0.15, -0.1) is 0 Å². The quantitative estimate of drug-likeness (QED) is 0.799. The molecule has 0 bridgehead atoms. The Hall–Kier alpha value is -2.80. The third kappa shape index (κ3) is 5.15. The number of furan rings is 1. The van der Waals surface area contributed by atoms with Gasteiger partial charge < -0.3 is 19.2 Å². The molecule has 2 amide bonds. The average molecular weight is 318 g/mol. The molecular formula is C16H18N2O5. The summed E-state index contributed by atoms with van der Waals surface area (Å²) in [6.45, 7) is 2.25.